The van der Waals surface area contributed by atoms with Gasteiger partial charge in [-0.15, -0.1) is 0 Å². The SMILES string of the molecule is CCNC(=NCC(=O)N1CCCC1)NC1CC(C)(OC)C1(C)C. The first kappa shape index (κ1) is 18.0. The van der Waals surface area contributed by atoms with Crippen LogP contribution in [0.4, 0.5) is 0 Å². The van der Waals surface area contributed by atoms with Crippen LogP contribution in [0.3, 0.4) is 0 Å². The van der Waals surface area contributed by atoms with Crippen molar-refractivity contribution >= 4 is 11.9 Å². The second-order valence-electron chi connectivity index (χ2n) is 7.34. The Bertz CT molecular complexity index is 458. The van der Waals surface area contributed by atoms with Crippen molar-refractivity contribution in [3.8, 4) is 0 Å². The number of hydrogen-bond acceptors (Lipinski definition) is 3. The van der Waals surface area contributed by atoms with E-state index in [1.807, 2.05) is 11.8 Å². The zero-order valence-electron chi connectivity index (χ0n) is 15.2. The average molecular weight is 324 g/mol. The molecule has 0 aromatic rings. The Morgan fingerprint density at radius 3 is 2.48 bits per heavy atom. The molecule has 2 atom stereocenters. The summed E-state index contributed by atoms with van der Waals surface area (Å²) in [6, 6.07) is 0.284. The summed E-state index contributed by atoms with van der Waals surface area (Å²) in [5, 5.41) is 6.71. The Hall–Kier alpha value is -1.30. The molecule has 1 amide bonds. The van der Waals surface area contributed by atoms with Crippen molar-refractivity contribution in [1.29, 1.82) is 0 Å². The molecule has 1 saturated carbocycles. The molecule has 0 aromatic heterocycles. The average Bonchev–Trinajstić information content (AvgIpc) is 3.06. The minimum absolute atomic E-state index is 0.0108. The highest BCUT2D eigenvalue weighted by atomic mass is 16.5. The van der Waals surface area contributed by atoms with E-state index >= 15 is 0 Å². The lowest BCUT2D eigenvalue weighted by Crippen LogP contribution is -2.69. The van der Waals surface area contributed by atoms with Crippen molar-refractivity contribution in [2.75, 3.05) is 33.3 Å². The summed E-state index contributed by atoms with van der Waals surface area (Å²) in [7, 11) is 1.77. The Morgan fingerprint density at radius 1 is 1.30 bits per heavy atom. The van der Waals surface area contributed by atoms with E-state index in [0.29, 0.717) is 0 Å². The van der Waals surface area contributed by atoms with E-state index < -0.39 is 0 Å². The van der Waals surface area contributed by atoms with Gasteiger partial charge in [0, 0.05) is 38.2 Å². The molecule has 23 heavy (non-hydrogen) atoms. The molecule has 1 aliphatic heterocycles. The molecule has 0 aromatic carbocycles. The van der Waals surface area contributed by atoms with E-state index in [-0.39, 0.29) is 29.5 Å². The summed E-state index contributed by atoms with van der Waals surface area (Å²) < 4.78 is 5.67. The maximum atomic E-state index is 12.1. The van der Waals surface area contributed by atoms with Gasteiger partial charge in [-0.05, 0) is 33.1 Å². The number of ether oxygens (including phenoxy) is 1. The third-order valence-corrected chi connectivity index (χ3v) is 5.76. The van der Waals surface area contributed by atoms with Crippen molar-refractivity contribution in [1.82, 2.24) is 15.5 Å². The molecule has 1 heterocycles. The Kier molecular flexibility index (Phi) is 5.55. The van der Waals surface area contributed by atoms with Crippen molar-refractivity contribution < 1.29 is 9.53 Å². The maximum absolute atomic E-state index is 12.1. The van der Waals surface area contributed by atoms with Crippen molar-refractivity contribution in [2.24, 2.45) is 10.4 Å². The summed E-state index contributed by atoms with van der Waals surface area (Å²) in [6.45, 7) is 11.3. The Balaban J connectivity index is 1.93. The zero-order valence-corrected chi connectivity index (χ0v) is 15.2. The molecule has 6 heteroatoms. The molecule has 1 aliphatic carbocycles. The summed E-state index contributed by atoms with van der Waals surface area (Å²) in [4.78, 5) is 18.5. The van der Waals surface area contributed by atoms with E-state index in [4.69, 9.17) is 4.74 Å². The van der Waals surface area contributed by atoms with Crippen molar-refractivity contribution in [3.05, 3.63) is 0 Å². The molecular weight excluding hydrogens is 292 g/mol. The summed E-state index contributed by atoms with van der Waals surface area (Å²) in [6.07, 6.45) is 3.15. The molecule has 6 nitrogen and oxygen atoms in total. The van der Waals surface area contributed by atoms with Crippen molar-refractivity contribution in [2.45, 2.75) is 58.6 Å². The molecular formula is C17H32N4O2. The number of guanidine groups is 1. The lowest BCUT2D eigenvalue weighted by atomic mass is 9.56. The minimum Gasteiger partial charge on any atom is -0.378 e. The fraction of sp³-hybridized carbons (Fsp3) is 0.882. The maximum Gasteiger partial charge on any atom is 0.244 e. The van der Waals surface area contributed by atoms with E-state index in [9.17, 15) is 4.79 Å². The number of nitrogens with zero attached hydrogens (tertiary/aromatic N) is 2. The summed E-state index contributed by atoms with van der Waals surface area (Å²) >= 11 is 0. The fourth-order valence-corrected chi connectivity index (χ4v) is 3.42. The van der Waals surface area contributed by atoms with Gasteiger partial charge in [0.05, 0.1) is 5.60 Å². The molecule has 1 saturated heterocycles. The highest BCUT2D eigenvalue weighted by molar-refractivity contribution is 5.85. The highest BCUT2D eigenvalue weighted by Crippen LogP contribution is 2.51. The van der Waals surface area contributed by atoms with E-state index in [1.54, 1.807) is 7.11 Å². The quantitative estimate of drug-likeness (QED) is 0.592. The molecule has 0 radical (unpaired) electrons. The van der Waals surface area contributed by atoms with Crippen LogP contribution in [0.5, 0.6) is 0 Å². The summed E-state index contributed by atoms with van der Waals surface area (Å²) in [5.41, 5.74) is -0.107. The third kappa shape index (κ3) is 3.62. The third-order valence-electron chi connectivity index (χ3n) is 5.76. The number of carbonyl (C=O) groups is 1. The number of carbonyl (C=O) groups excluding carboxylic acids is 1. The Morgan fingerprint density at radius 2 is 1.96 bits per heavy atom. The number of hydrogen-bond donors (Lipinski definition) is 2. The van der Waals surface area contributed by atoms with Gasteiger partial charge in [0.15, 0.2) is 5.96 Å². The van der Waals surface area contributed by atoms with Crippen LogP contribution < -0.4 is 10.6 Å². The highest BCUT2D eigenvalue weighted by Gasteiger charge is 2.58. The van der Waals surface area contributed by atoms with Gasteiger partial charge in [-0.2, -0.15) is 0 Å². The number of methoxy groups -OCH3 is 1. The van der Waals surface area contributed by atoms with Gasteiger partial charge in [0.1, 0.15) is 6.54 Å². The van der Waals surface area contributed by atoms with Crippen LogP contribution in [-0.4, -0.2) is 61.7 Å². The van der Waals surface area contributed by atoms with E-state index in [1.165, 1.54) is 0 Å². The van der Waals surface area contributed by atoms with Crippen LogP contribution in [0, 0.1) is 5.41 Å². The summed E-state index contributed by atoms with van der Waals surface area (Å²) in [5.74, 6) is 0.838. The van der Waals surface area contributed by atoms with Gasteiger partial charge in [-0.3, -0.25) is 4.79 Å². The topological polar surface area (TPSA) is 66.0 Å². The second kappa shape index (κ2) is 7.07. The van der Waals surface area contributed by atoms with Crippen LogP contribution in [0.2, 0.25) is 0 Å². The van der Waals surface area contributed by atoms with Crippen LogP contribution in [0.15, 0.2) is 4.99 Å². The standard InChI is InChI=1S/C17H32N4O2/c1-6-18-15(19-12-14(22)21-9-7-8-10-21)20-13-11-17(4,23-5)16(13,2)3/h13H,6-12H2,1-5H3,(H2,18,19,20). The van der Waals surface area contributed by atoms with Crippen LogP contribution in [-0.2, 0) is 9.53 Å². The molecule has 132 valence electrons. The van der Waals surface area contributed by atoms with Gasteiger partial charge in [0.2, 0.25) is 5.91 Å². The molecule has 2 aliphatic rings. The number of aliphatic imine (C=N–C) groups is 1. The van der Waals surface area contributed by atoms with E-state index in [2.05, 4.69) is 36.4 Å². The van der Waals surface area contributed by atoms with Crippen LogP contribution in [0.25, 0.3) is 0 Å². The number of rotatable bonds is 5. The molecule has 2 rings (SSSR count). The van der Waals surface area contributed by atoms with Gasteiger partial charge in [-0.25, -0.2) is 4.99 Å². The van der Waals surface area contributed by atoms with Gasteiger partial charge < -0.3 is 20.3 Å². The van der Waals surface area contributed by atoms with Gasteiger partial charge >= 0.3 is 0 Å². The molecule has 2 fully saturated rings. The molecule has 2 N–H and O–H groups in total. The smallest absolute Gasteiger partial charge is 0.244 e. The molecule has 0 spiro atoms. The largest absolute Gasteiger partial charge is 0.378 e. The molecule has 0 bridgehead atoms. The predicted octanol–water partition coefficient (Wildman–Crippen LogP) is 1.37. The van der Waals surface area contributed by atoms with Crippen molar-refractivity contribution in [3.63, 3.8) is 0 Å². The zero-order chi connectivity index (χ0) is 17.1. The molecule has 2 unspecified atom stereocenters. The lowest BCUT2D eigenvalue weighted by Gasteiger charge is -2.59. The van der Waals surface area contributed by atoms with Crippen LogP contribution in [0.1, 0.15) is 47.0 Å². The fourth-order valence-electron chi connectivity index (χ4n) is 3.42. The number of amides is 1. The number of nitrogens with one attached hydrogen (secondary N) is 2. The normalized spacial score (nSPS) is 30.0. The predicted molar refractivity (Wildman–Crippen MR) is 92.5 cm³/mol. The first-order valence-corrected chi connectivity index (χ1v) is 8.72. The van der Waals surface area contributed by atoms with E-state index in [0.717, 1.165) is 44.9 Å². The monoisotopic (exact) mass is 324 g/mol. The second-order valence-corrected chi connectivity index (χ2v) is 7.34. The van der Waals surface area contributed by atoms with Crippen LogP contribution >= 0.6 is 0 Å². The lowest BCUT2D eigenvalue weighted by molar-refractivity contribution is -0.176. The minimum atomic E-state index is -0.118. The number of likely N-dealkylation sites (tertiary alicyclic amines) is 1. The van der Waals surface area contributed by atoms with Gasteiger partial charge in [-0.1, -0.05) is 13.8 Å². The van der Waals surface area contributed by atoms with Gasteiger partial charge in [0.25, 0.3) is 0 Å². The first-order valence-electron chi connectivity index (χ1n) is 8.72. The first-order chi connectivity index (χ1) is 10.8. The Labute approximate surface area is 140 Å².